The molecule has 3 heterocycles. The summed E-state index contributed by atoms with van der Waals surface area (Å²) in [5, 5.41) is 24.5. The van der Waals surface area contributed by atoms with Crippen LogP contribution in [-0.4, -0.2) is 43.7 Å². The predicted octanol–water partition coefficient (Wildman–Crippen LogP) is 2.35. The van der Waals surface area contributed by atoms with E-state index in [9.17, 15) is 9.90 Å². The van der Waals surface area contributed by atoms with Gasteiger partial charge in [0.1, 0.15) is 11.9 Å². The Balaban J connectivity index is 1.54. The lowest BCUT2D eigenvalue weighted by molar-refractivity contribution is 0.0952. The monoisotopic (exact) mass is 382 g/mol. The average Bonchev–Trinajstić information content (AvgIpc) is 3.11. The van der Waals surface area contributed by atoms with Crippen molar-refractivity contribution in [2.45, 2.75) is 33.3 Å². The van der Waals surface area contributed by atoms with Crippen LogP contribution in [0.15, 0.2) is 36.7 Å². The second-order valence-corrected chi connectivity index (χ2v) is 7.15. The third kappa shape index (κ3) is 4.64. The number of nitrogens with zero attached hydrogens (tertiary/aromatic N) is 4. The van der Waals surface area contributed by atoms with E-state index < -0.39 is 6.10 Å². The fourth-order valence-electron chi connectivity index (χ4n) is 2.72. The fraction of sp³-hybridized carbons (Fsp3) is 0.400. The van der Waals surface area contributed by atoms with Crippen LogP contribution in [-0.2, 0) is 0 Å². The molecule has 0 saturated carbocycles. The molecule has 148 valence electrons. The van der Waals surface area contributed by atoms with Crippen LogP contribution < -0.4 is 10.6 Å². The van der Waals surface area contributed by atoms with Crippen molar-refractivity contribution in [3.05, 3.63) is 53.6 Å². The van der Waals surface area contributed by atoms with Crippen molar-refractivity contribution in [1.82, 2.24) is 24.9 Å². The molecular weight excluding hydrogens is 356 g/mol. The number of fused-ring (bicyclic) bond motifs is 1. The van der Waals surface area contributed by atoms with Crippen molar-refractivity contribution in [2.75, 3.05) is 18.4 Å². The fourth-order valence-corrected chi connectivity index (χ4v) is 2.72. The van der Waals surface area contributed by atoms with Gasteiger partial charge in [-0.15, -0.1) is 10.2 Å². The normalized spacial score (nSPS) is 12.3. The van der Waals surface area contributed by atoms with Gasteiger partial charge in [0.05, 0.1) is 5.56 Å². The van der Waals surface area contributed by atoms with Crippen molar-refractivity contribution in [2.24, 2.45) is 5.92 Å². The molecule has 8 heteroatoms. The zero-order valence-electron chi connectivity index (χ0n) is 16.4. The number of pyridine rings is 2. The van der Waals surface area contributed by atoms with Crippen molar-refractivity contribution < 1.29 is 9.90 Å². The lowest BCUT2D eigenvalue weighted by atomic mass is 10.1. The molecule has 1 atom stereocenters. The molecule has 3 aromatic rings. The number of carbonyl (C=O) groups is 1. The molecule has 3 aromatic heterocycles. The minimum Gasteiger partial charge on any atom is -0.385 e. The summed E-state index contributed by atoms with van der Waals surface area (Å²) in [5.41, 5.74) is 2.21. The number of rotatable bonds is 8. The van der Waals surface area contributed by atoms with Crippen molar-refractivity contribution in [3.63, 3.8) is 0 Å². The molecule has 0 spiro atoms. The smallest absolute Gasteiger partial charge is 0.252 e. The van der Waals surface area contributed by atoms with Gasteiger partial charge in [0, 0.05) is 25.5 Å². The Bertz CT molecular complexity index is 936. The predicted molar refractivity (Wildman–Crippen MR) is 107 cm³/mol. The maximum Gasteiger partial charge on any atom is 0.252 e. The molecule has 1 amide bonds. The Hall–Kier alpha value is -3.00. The van der Waals surface area contributed by atoms with Crippen LogP contribution in [0.25, 0.3) is 5.65 Å². The molecule has 0 aliphatic rings. The Morgan fingerprint density at radius 2 is 2.00 bits per heavy atom. The molecule has 3 rings (SSSR count). The molecule has 0 bridgehead atoms. The van der Waals surface area contributed by atoms with Crippen LogP contribution in [0.1, 0.15) is 48.1 Å². The number of amides is 1. The summed E-state index contributed by atoms with van der Waals surface area (Å²) >= 11 is 0. The first-order valence-corrected chi connectivity index (χ1v) is 9.43. The van der Waals surface area contributed by atoms with E-state index in [0.717, 1.165) is 17.8 Å². The number of nitrogens with one attached hydrogen (secondary N) is 2. The highest BCUT2D eigenvalue weighted by Gasteiger charge is 2.19. The summed E-state index contributed by atoms with van der Waals surface area (Å²) in [7, 11) is 0. The van der Waals surface area contributed by atoms with Crippen molar-refractivity contribution in [1.29, 1.82) is 0 Å². The molecule has 1 unspecified atom stereocenters. The number of hydrogen-bond donors (Lipinski definition) is 3. The molecule has 0 fully saturated rings. The number of aliphatic hydroxyl groups excluding tert-OH is 1. The first-order valence-electron chi connectivity index (χ1n) is 9.43. The van der Waals surface area contributed by atoms with Gasteiger partial charge in [0.2, 0.25) is 0 Å². The van der Waals surface area contributed by atoms with Crippen LogP contribution in [0.5, 0.6) is 0 Å². The van der Waals surface area contributed by atoms with E-state index in [-0.39, 0.29) is 11.8 Å². The summed E-state index contributed by atoms with van der Waals surface area (Å²) in [4.78, 5) is 16.7. The number of aliphatic hydroxyl groups is 1. The minimum atomic E-state index is -0.741. The maximum atomic E-state index is 12.4. The highest BCUT2D eigenvalue weighted by atomic mass is 16.3. The van der Waals surface area contributed by atoms with E-state index in [1.165, 1.54) is 0 Å². The van der Waals surface area contributed by atoms with E-state index >= 15 is 0 Å². The topological polar surface area (TPSA) is 104 Å². The second-order valence-electron chi connectivity index (χ2n) is 7.15. The Morgan fingerprint density at radius 3 is 2.71 bits per heavy atom. The summed E-state index contributed by atoms with van der Waals surface area (Å²) in [6, 6.07) is 7.37. The third-order valence-electron chi connectivity index (χ3n) is 4.44. The number of hydrogen-bond acceptors (Lipinski definition) is 6. The van der Waals surface area contributed by atoms with Crippen LogP contribution in [0.4, 0.5) is 5.82 Å². The molecular formula is C20H26N6O2. The van der Waals surface area contributed by atoms with Crippen molar-refractivity contribution in [3.8, 4) is 0 Å². The van der Waals surface area contributed by atoms with Gasteiger partial charge in [-0.25, -0.2) is 4.98 Å². The standard InChI is InChI=1S/C20H26N6O2/c1-13(2)18(27)19-25-24-17-8-6-15(12-26(17)19)20(28)22-10-4-9-21-16-7-5-14(3)11-23-16/h5-8,11-13,18,27H,4,9-10H2,1-3H3,(H,21,23)(H,22,28). The quantitative estimate of drug-likeness (QED) is 0.517. The van der Waals surface area contributed by atoms with Crippen LogP contribution in [0.2, 0.25) is 0 Å². The zero-order valence-corrected chi connectivity index (χ0v) is 16.4. The third-order valence-corrected chi connectivity index (χ3v) is 4.44. The molecule has 0 saturated heterocycles. The molecule has 8 nitrogen and oxygen atoms in total. The van der Waals surface area contributed by atoms with Gasteiger partial charge in [-0.2, -0.15) is 0 Å². The van der Waals surface area contributed by atoms with E-state index in [1.807, 2.05) is 39.1 Å². The Labute approximate surface area is 164 Å². The molecule has 3 N–H and O–H groups in total. The highest BCUT2D eigenvalue weighted by Crippen LogP contribution is 2.20. The maximum absolute atomic E-state index is 12.4. The summed E-state index contributed by atoms with van der Waals surface area (Å²) in [5.74, 6) is 1.09. The lowest BCUT2D eigenvalue weighted by Crippen LogP contribution is -2.26. The van der Waals surface area contributed by atoms with Gasteiger partial charge in [-0.1, -0.05) is 19.9 Å². The highest BCUT2D eigenvalue weighted by molar-refractivity contribution is 5.94. The zero-order chi connectivity index (χ0) is 20.1. The van der Waals surface area contributed by atoms with E-state index in [4.69, 9.17) is 0 Å². The number of carbonyl (C=O) groups excluding carboxylic acids is 1. The van der Waals surface area contributed by atoms with E-state index in [0.29, 0.717) is 30.1 Å². The number of aryl methyl sites for hydroxylation is 1. The summed E-state index contributed by atoms with van der Waals surface area (Å²) in [6.07, 6.45) is 3.51. The first kappa shape index (κ1) is 19.8. The number of aromatic nitrogens is 4. The van der Waals surface area contributed by atoms with Crippen LogP contribution in [0, 0.1) is 12.8 Å². The van der Waals surface area contributed by atoms with Gasteiger partial charge in [-0.05, 0) is 43.0 Å². The molecule has 0 aliphatic carbocycles. The van der Waals surface area contributed by atoms with Crippen LogP contribution >= 0.6 is 0 Å². The van der Waals surface area contributed by atoms with E-state index in [2.05, 4.69) is 25.8 Å². The largest absolute Gasteiger partial charge is 0.385 e. The second kappa shape index (κ2) is 8.79. The minimum absolute atomic E-state index is 0.000372. The molecule has 0 aliphatic heterocycles. The van der Waals surface area contributed by atoms with Gasteiger partial charge in [0.25, 0.3) is 5.91 Å². The average molecular weight is 382 g/mol. The van der Waals surface area contributed by atoms with Gasteiger partial charge in [0.15, 0.2) is 11.5 Å². The summed E-state index contributed by atoms with van der Waals surface area (Å²) in [6.45, 7) is 7.06. The van der Waals surface area contributed by atoms with Crippen LogP contribution in [0.3, 0.4) is 0 Å². The summed E-state index contributed by atoms with van der Waals surface area (Å²) < 4.78 is 1.67. The first-order chi connectivity index (χ1) is 13.5. The molecule has 0 radical (unpaired) electrons. The van der Waals surface area contributed by atoms with Gasteiger partial charge in [-0.3, -0.25) is 9.20 Å². The molecule has 28 heavy (non-hydrogen) atoms. The van der Waals surface area contributed by atoms with Gasteiger partial charge >= 0.3 is 0 Å². The number of anilines is 1. The lowest BCUT2D eigenvalue weighted by Gasteiger charge is -2.12. The molecule has 0 aromatic carbocycles. The SMILES string of the molecule is Cc1ccc(NCCCNC(=O)c2ccc3nnc(C(O)C(C)C)n3c2)nc1. The Morgan fingerprint density at radius 1 is 1.18 bits per heavy atom. The van der Waals surface area contributed by atoms with Gasteiger partial charge < -0.3 is 15.7 Å². The van der Waals surface area contributed by atoms with E-state index in [1.54, 1.807) is 22.7 Å². The Kier molecular flexibility index (Phi) is 6.20. The van der Waals surface area contributed by atoms with Crippen molar-refractivity contribution >= 4 is 17.4 Å².